The number of carboxylic acid groups (broad SMARTS) is 1. The van der Waals surface area contributed by atoms with Crippen LogP contribution in [0.25, 0.3) is 10.9 Å². The largest absolute Gasteiger partial charge is 0.478 e. The summed E-state index contributed by atoms with van der Waals surface area (Å²) in [4.78, 5) is 23.1. The minimum absolute atomic E-state index is 0.0219. The Bertz CT molecular complexity index is 731. The summed E-state index contributed by atoms with van der Waals surface area (Å²) >= 11 is 0. The lowest BCUT2D eigenvalue weighted by atomic mass is 10.0. The highest BCUT2D eigenvalue weighted by Crippen LogP contribution is 2.23. The molecule has 18 heavy (non-hydrogen) atoms. The molecule has 0 amide bonds. The average Bonchev–Trinajstić information content (AvgIpc) is 2.24. The molecule has 0 fully saturated rings. The number of benzene rings is 1. The second-order valence-corrected chi connectivity index (χ2v) is 4.31. The minimum Gasteiger partial charge on any atom is -0.478 e. The molecule has 0 radical (unpaired) electrons. The van der Waals surface area contributed by atoms with Crippen LogP contribution in [0, 0.1) is 19.7 Å². The first kappa shape index (κ1) is 12.3. The summed E-state index contributed by atoms with van der Waals surface area (Å²) in [5, 5.41) is 9.44. The van der Waals surface area contributed by atoms with Crippen LogP contribution in [0.1, 0.15) is 21.5 Å². The first-order chi connectivity index (χ1) is 8.34. The standard InChI is InChI=1S/C13H12FNO3/c1-6-4-8-10(13(17)18)7(2)12(16)15(3)11(8)9(14)5-6/h4-5H,1-3H3,(H,17,18). The van der Waals surface area contributed by atoms with E-state index in [-0.39, 0.29) is 22.0 Å². The molecule has 0 aliphatic rings. The van der Waals surface area contributed by atoms with Crippen molar-refractivity contribution in [3.05, 3.63) is 45.0 Å². The van der Waals surface area contributed by atoms with Crippen molar-refractivity contribution in [1.29, 1.82) is 0 Å². The Labute approximate surface area is 102 Å². The molecule has 4 nitrogen and oxygen atoms in total. The number of rotatable bonds is 1. The summed E-state index contributed by atoms with van der Waals surface area (Å²) in [7, 11) is 1.43. The number of aryl methyl sites for hydroxylation is 2. The minimum atomic E-state index is -1.22. The van der Waals surface area contributed by atoms with Crippen LogP contribution in [-0.2, 0) is 7.05 Å². The van der Waals surface area contributed by atoms with E-state index in [9.17, 15) is 19.1 Å². The van der Waals surface area contributed by atoms with Gasteiger partial charge in [-0.1, -0.05) is 0 Å². The van der Waals surface area contributed by atoms with E-state index in [2.05, 4.69) is 0 Å². The quantitative estimate of drug-likeness (QED) is 0.840. The predicted octanol–water partition coefficient (Wildman–Crippen LogP) is 1.99. The van der Waals surface area contributed by atoms with Crippen molar-refractivity contribution >= 4 is 16.9 Å². The van der Waals surface area contributed by atoms with Gasteiger partial charge in [0, 0.05) is 18.0 Å². The number of hydrogen-bond donors (Lipinski definition) is 1. The number of aromatic nitrogens is 1. The van der Waals surface area contributed by atoms with E-state index in [1.54, 1.807) is 13.0 Å². The van der Waals surface area contributed by atoms with Crippen LogP contribution in [0.5, 0.6) is 0 Å². The molecule has 1 aromatic carbocycles. The van der Waals surface area contributed by atoms with Crippen molar-refractivity contribution in [1.82, 2.24) is 4.57 Å². The zero-order valence-electron chi connectivity index (χ0n) is 10.2. The number of fused-ring (bicyclic) bond motifs is 1. The molecule has 5 heteroatoms. The number of halogens is 1. The van der Waals surface area contributed by atoms with Gasteiger partial charge in [-0.25, -0.2) is 9.18 Å². The van der Waals surface area contributed by atoms with E-state index in [1.807, 2.05) is 0 Å². The molecule has 0 spiro atoms. The second kappa shape index (κ2) is 3.94. The zero-order chi connectivity index (χ0) is 13.6. The van der Waals surface area contributed by atoms with Crippen molar-refractivity contribution < 1.29 is 14.3 Å². The maximum absolute atomic E-state index is 13.9. The van der Waals surface area contributed by atoms with E-state index >= 15 is 0 Å². The van der Waals surface area contributed by atoms with Crippen LogP contribution < -0.4 is 5.56 Å². The van der Waals surface area contributed by atoms with Gasteiger partial charge in [-0.05, 0) is 31.5 Å². The van der Waals surface area contributed by atoms with E-state index < -0.39 is 17.3 Å². The molecule has 0 aliphatic heterocycles. The predicted molar refractivity (Wildman–Crippen MR) is 65.6 cm³/mol. The Hall–Kier alpha value is -2.17. The lowest BCUT2D eigenvalue weighted by Gasteiger charge is -2.12. The van der Waals surface area contributed by atoms with Gasteiger partial charge >= 0.3 is 5.97 Å². The lowest BCUT2D eigenvalue weighted by molar-refractivity contribution is 0.0698. The first-order valence-corrected chi connectivity index (χ1v) is 5.37. The monoisotopic (exact) mass is 249 g/mol. The molecule has 0 saturated carbocycles. The third-order valence-corrected chi connectivity index (χ3v) is 3.03. The Morgan fingerprint density at radius 1 is 1.33 bits per heavy atom. The van der Waals surface area contributed by atoms with Gasteiger partial charge in [-0.15, -0.1) is 0 Å². The fraction of sp³-hybridized carbons (Fsp3) is 0.231. The summed E-state index contributed by atoms with van der Waals surface area (Å²) in [6.07, 6.45) is 0. The highest BCUT2D eigenvalue weighted by atomic mass is 19.1. The van der Waals surface area contributed by atoms with E-state index in [1.165, 1.54) is 20.0 Å². The normalized spacial score (nSPS) is 10.9. The molecule has 0 unspecified atom stereocenters. The van der Waals surface area contributed by atoms with Gasteiger partial charge in [0.15, 0.2) is 0 Å². The summed E-state index contributed by atoms with van der Waals surface area (Å²) in [6, 6.07) is 2.86. The third-order valence-electron chi connectivity index (χ3n) is 3.03. The number of hydrogen-bond acceptors (Lipinski definition) is 2. The van der Waals surface area contributed by atoms with Gasteiger partial charge in [0.25, 0.3) is 5.56 Å². The van der Waals surface area contributed by atoms with Crippen LogP contribution >= 0.6 is 0 Å². The smallest absolute Gasteiger partial charge is 0.336 e. The molecule has 0 atom stereocenters. The Morgan fingerprint density at radius 2 is 1.94 bits per heavy atom. The molecular weight excluding hydrogens is 237 g/mol. The third kappa shape index (κ3) is 1.59. The Kier molecular flexibility index (Phi) is 2.69. The van der Waals surface area contributed by atoms with Gasteiger partial charge in [0.2, 0.25) is 0 Å². The molecular formula is C13H12FNO3. The van der Waals surface area contributed by atoms with Gasteiger partial charge in [-0.2, -0.15) is 0 Å². The lowest BCUT2D eigenvalue weighted by Crippen LogP contribution is -2.24. The van der Waals surface area contributed by atoms with Gasteiger partial charge in [0.1, 0.15) is 5.82 Å². The molecule has 0 bridgehead atoms. The van der Waals surface area contributed by atoms with Crippen molar-refractivity contribution in [3.63, 3.8) is 0 Å². The van der Waals surface area contributed by atoms with Crippen molar-refractivity contribution in [2.45, 2.75) is 13.8 Å². The Balaban J connectivity index is 3.18. The SMILES string of the molecule is Cc1cc(F)c2c(c1)c(C(=O)O)c(C)c(=O)n2C. The first-order valence-electron chi connectivity index (χ1n) is 5.37. The van der Waals surface area contributed by atoms with Gasteiger partial charge in [-0.3, -0.25) is 4.79 Å². The van der Waals surface area contributed by atoms with Crippen LogP contribution in [0.15, 0.2) is 16.9 Å². The zero-order valence-corrected chi connectivity index (χ0v) is 10.2. The van der Waals surface area contributed by atoms with E-state index in [4.69, 9.17) is 0 Å². The number of carboxylic acids is 1. The Morgan fingerprint density at radius 3 is 2.50 bits per heavy atom. The summed E-state index contributed by atoms with van der Waals surface area (Å²) in [5.41, 5.74) is 0.120. The highest BCUT2D eigenvalue weighted by Gasteiger charge is 2.19. The maximum Gasteiger partial charge on any atom is 0.336 e. The van der Waals surface area contributed by atoms with Gasteiger partial charge < -0.3 is 9.67 Å². The number of pyridine rings is 1. The summed E-state index contributed by atoms with van der Waals surface area (Å²) in [6.45, 7) is 3.11. The maximum atomic E-state index is 13.9. The fourth-order valence-corrected chi connectivity index (χ4v) is 2.20. The molecule has 1 N–H and O–H groups in total. The van der Waals surface area contributed by atoms with E-state index in [0.29, 0.717) is 5.56 Å². The van der Waals surface area contributed by atoms with Crippen LogP contribution in [0.4, 0.5) is 4.39 Å². The van der Waals surface area contributed by atoms with Crippen LogP contribution in [0.2, 0.25) is 0 Å². The van der Waals surface area contributed by atoms with Crippen molar-refractivity contribution in [2.75, 3.05) is 0 Å². The van der Waals surface area contributed by atoms with Crippen molar-refractivity contribution in [2.24, 2.45) is 7.05 Å². The molecule has 2 aromatic rings. The van der Waals surface area contributed by atoms with Crippen LogP contribution in [-0.4, -0.2) is 15.6 Å². The number of carbonyl (C=O) groups is 1. The number of aromatic carboxylic acids is 1. The topological polar surface area (TPSA) is 59.3 Å². The summed E-state index contributed by atoms with van der Waals surface area (Å²) in [5.74, 6) is -1.81. The molecule has 2 rings (SSSR count). The molecule has 94 valence electrons. The fourth-order valence-electron chi connectivity index (χ4n) is 2.20. The highest BCUT2D eigenvalue weighted by molar-refractivity contribution is 6.04. The molecule has 0 aliphatic carbocycles. The van der Waals surface area contributed by atoms with Crippen LogP contribution in [0.3, 0.4) is 0 Å². The molecule has 1 heterocycles. The van der Waals surface area contributed by atoms with Gasteiger partial charge in [0.05, 0.1) is 11.1 Å². The average molecular weight is 249 g/mol. The molecule has 1 aromatic heterocycles. The second-order valence-electron chi connectivity index (χ2n) is 4.31. The van der Waals surface area contributed by atoms with Crippen molar-refractivity contribution in [3.8, 4) is 0 Å². The molecule has 0 saturated heterocycles. The van der Waals surface area contributed by atoms with E-state index in [0.717, 1.165) is 4.57 Å². The number of nitrogens with zero attached hydrogens (tertiary/aromatic N) is 1. The summed E-state index contributed by atoms with van der Waals surface area (Å²) < 4.78 is 15.1.